The second-order valence-electron chi connectivity index (χ2n) is 5.51. The molecule has 0 amide bonds. The van der Waals surface area contributed by atoms with E-state index in [-0.39, 0.29) is 5.25 Å². The van der Waals surface area contributed by atoms with E-state index in [0.717, 1.165) is 44.9 Å². The standard InChI is InChI=1S/C14H24O3S/c15-18(16)10-6-2-1-3-9-14(18)12-17-11-13-7-4-5-8-13/h11,14H,1-10,12H2. The van der Waals surface area contributed by atoms with Crippen LogP contribution in [-0.4, -0.2) is 26.0 Å². The van der Waals surface area contributed by atoms with Gasteiger partial charge in [0, 0.05) is 0 Å². The van der Waals surface area contributed by atoms with Gasteiger partial charge in [-0.15, -0.1) is 0 Å². The number of sulfone groups is 1. The summed E-state index contributed by atoms with van der Waals surface area (Å²) in [5.74, 6) is 0.345. The minimum absolute atomic E-state index is 0.281. The molecule has 104 valence electrons. The topological polar surface area (TPSA) is 43.4 Å². The third-order valence-electron chi connectivity index (χ3n) is 3.99. The first kappa shape index (κ1) is 13.9. The van der Waals surface area contributed by atoms with Gasteiger partial charge in [0.15, 0.2) is 9.84 Å². The molecule has 0 aromatic heterocycles. The summed E-state index contributed by atoms with van der Waals surface area (Å²) >= 11 is 0. The van der Waals surface area contributed by atoms with Crippen LogP contribution >= 0.6 is 0 Å². The van der Waals surface area contributed by atoms with E-state index in [1.165, 1.54) is 18.4 Å². The molecule has 1 saturated carbocycles. The second kappa shape index (κ2) is 6.60. The van der Waals surface area contributed by atoms with Crippen molar-refractivity contribution < 1.29 is 13.2 Å². The second-order valence-corrected chi connectivity index (χ2v) is 7.91. The van der Waals surface area contributed by atoms with Crippen LogP contribution in [0.5, 0.6) is 0 Å². The quantitative estimate of drug-likeness (QED) is 0.741. The van der Waals surface area contributed by atoms with Crippen molar-refractivity contribution in [1.29, 1.82) is 0 Å². The molecule has 0 bridgehead atoms. The third-order valence-corrected chi connectivity index (χ3v) is 6.24. The summed E-state index contributed by atoms with van der Waals surface area (Å²) in [7, 11) is -2.93. The molecule has 18 heavy (non-hydrogen) atoms. The van der Waals surface area contributed by atoms with Crippen LogP contribution in [0.3, 0.4) is 0 Å². The highest BCUT2D eigenvalue weighted by Gasteiger charge is 2.26. The minimum Gasteiger partial charge on any atom is -0.500 e. The summed E-state index contributed by atoms with van der Waals surface area (Å²) < 4.78 is 29.7. The normalized spacial score (nSPS) is 28.4. The van der Waals surface area contributed by atoms with Crippen LogP contribution < -0.4 is 0 Å². The molecule has 3 nitrogen and oxygen atoms in total. The molecule has 2 aliphatic rings. The van der Waals surface area contributed by atoms with Crippen molar-refractivity contribution in [2.24, 2.45) is 0 Å². The molecule has 0 radical (unpaired) electrons. The fourth-order valence-electron chi connectivity index (χ4n) is 2.78. The molecule has 1 unspecified atom stereocenters. The van der Waals surface area contributed by atoms with Crippen molar-refractivity contribution in [3.8, 4) is 0 Å². The molecule has 0 aromatic rings. The smallest absolute Gasteiger partial charge is 0.156 e. The van der Waals surface area contributed by atoms with E-state index in [2.05, 4.69) is 0 Å². The maximum Gasteiger partial charge on any atom is 0.156 e. The Morgan fingerprint density at radius 2 is 1.78 bits per heavy atom. The van der Waals surface area contributed by atoms with Crippen molar-refractivity contribution in [2.45, 2.75) is 63.0 Å². The molecule has 4 heteroatoms. The highest BCUT2D eigenvalue weighted by atomic mass is 32.2. The van der Waals surface area contributed by atoms with Crippen molar-refractivity contribution in [1.82, 2.24) is 0 Å². The monoisotopic (exact) mass is 272 g/mol. The zero-order valence-corrected chi connectivity index (χ0v) is 11.9. The lowest BCUT2D eigenvalue weighted by Gasteiger charge is -2.19. The molecule has 0 spiro atoms. The van der Waals surface area contributed by atoms with Crippen LogP contribution in [0, 0.1) is 0 Å². The minimum atomic E-state index is -2.93. The Kier molecular flexibility index (Phi) is 5.10. The average Bonchev–Trinajstić information content (AvgIpc) is 2.82. The van der Waals surface area contributed by atoms with E-state index in [1.54, 1.807) is 0 Å². The van der Waals surface area contributed by atoms with E-state index in [9.17, 15) is 8.42 Å². The van der Waals surface area contributed by atoms with Gasteiger partial charge >= 0.3 is 0 Å². The first-order chi connectivity index (χ1) is 8.68. The molecule has 1 atom stereocenters. The van der Waals surface area contributed by atoms with Crippen molar-refractivity contribution in [2.75, 3.05) is 12.4 Å². The molecule has 1 heterocycles. The van der Waals surface area contributed by atoms with Gasteiger partial charge in [-0.1, -0.05) is 19.3 Å². The average molecular weight is 272 g/mol. The SMILES string of the molecule is O=S1(=O)CCCCCCC1COC=C1CCCC1. The van der Waals surface area contributed by atoms with E-state index >= 15 is 0 Å². The Morgan fingerprint density at radius 3 is 2.56 bits per heavy atom. The fourth-order valence-corrected chi connectivity index (χ4v) is 4.53. The highest BCUT2D eigenvalue weighted by molar-refractivity contribution is 7.92. The first-order valence-corrected chi connectivity index (χ1v) is 8.91. The van der Waals surface area contributed by atoms with Crippen LogP contribution in [0.2, 0.25) is 0 Å². The van der Waals surface area contributed by atoms with Crippen LogP contribution in [0.4, 0.5) is 0 Å². The lowest BCUT2D eigenvalue weighted by molar-refractivity contribution is 0.237. The predicted octanol–water partition coefficient (Wildman–Crippen LogP) is 3.21. The van der Waals surface area contributed by atoms with Gasteiger partial charge in [-0.2, -0.15) is 0 Å². The van der Waals surface area contributed by atoms with Crippen molar-refractivity contribution >= 4 is 9.84 Å². The van der Waals surface area contributed by atoms with E-state index in [1.807, 2.05) is 6.26 Å². The van der Waals surface area contributed by atoms with Gasteiger partial charge in [0.1, 0.15) is 6.61 Å². The number of rotatable bonds is 3. The van der Waals surface area contributed by atoms with Gasteiger partial charge in [0.05, 0.1) is 17.3 Å². The maximum atomic E-state index is 12.1. The van der Waals surface area contributed by atoms with Crippen molar-refractivity contribution in [3.05, 3.63) is 11.8 Å². The van der Waals surface area contributed by atoms with Crippen LogP contribution in [0.25, 0.3) is 0 Å². The molecular weight excluding hydrogens is 248 g/mol. The van der Waals surface area contributed by atoms with Gasteiger partial charge in [0.25, 0.3) is 0 Å². The van der Waals surface area contributed by atoms with E-state index in [0.29, 0.717) is 12.4 Å². The van der Waals surface area contributed by atoms with Crippen molar-refractivity contribution in [3.63, 3.8) is 0 Å². The molecule has 0 aromatic carbocycles. The summed E-state index contributed by atoms with van der Waals surface area (Å²) in [4.78, 5) is 0. The molecule has 1 aliphatic carbocycles. The molecule has 1 aliphatic heterocycles. The largest absolute Gasteiger partial charge is 0.500 e. The molecule has 1 saturated heterocycles. The van der Waals surface area contributed by atoms with Gasteiger partial charge in [0.2, 0.25) is 0 Å². The first-order valence-electron chi connectivity index (χ1n) is 7.19. The van der Waals surface area contributed by atoms with Gasteiger partial charge < -0.3 is 4.74 Å². The third kappa shape index (κ3) is 4.01. The number of ether oxygens (including phenoxy) is 1. The van der Waals surface area contributed by atoms with E-state index in [4.69, 9.17) is 4.74 Å². The van der Waals surface area contributed by atoms with Crippen LogP contribution in [0.15, 0.2) is 11.8 Å². The summed E-state index contributed by atoms with van der Waals surface area (Å²) in [5.41, 5.74) is 1.35. The zero-order valence-electron chi connectivity index (χ0n) is 11.1. The number of allylic oxidation sites excluding steroid dienone is 1. The Morgan fingerprint density at radius 1 is 1.06 bits per heavy atom. The highest BCUT2D eigenvalue weighted by Crippen LogP contribution is 2.24. The molecule has 2 fully saturated rings. The Hall–Kier alpha value is -0.510. The number of hydrogen-bond acceptors (Lipinski definition) is 3. The summed E-state index contributed by atoms with van der Waals surface area (Å²) in [6, 6.07) is 0. The lowest BCUT2D eigenvalue weighted by atomic mass is 10.1. The maximum absolute atomic E-state index is 12.1. The van der Waals surface area contributed by atoms with Crippen LogP contribution in [-0.2, 0) is 14.6 Å². The zero-order chi connectivity index (χ0) is 12.8. The molecular formula is C14H24O3S. The fraction of sp³-hybridized carbons (Fsp3) is 0.857. The summed E-state index contributed by atoms with van der Waals surface area (Å²) in [6.45, 7) is 0.353. The number of hydrogen-bond donors (Lipinski definition) is 0. The van der Waals surface area contributed by atoms with Gasteiger partial charge in [-0.3, -0.25) is 0 Å². The van der Waals surface area contributed by atoms with Crippen LogP contribution in [0.1, 0.15) is 57.8 Å². The van der Waals surface area contributed by atoms with Gasteiger partial charge in [-0.05, 0) is 44.1 Å². The molecule has 2 rings (SSSR count). The Balaban J connectivity index is 1.86. The lowest BCUT2D eigenvalue weighted by Crippen LogP contribution is -2.29. The Labute approximate surface area is 111 Å². The Bertz CT molecular complexity index is 376. The predicted molar refractivity (Wildman–Crippen MR) is 73.2 cm³/mol. The molecule has 0 N–H and O–H groups in total. The summed E-state index contributed by atoms with van der Waals surface area (Å²) in [6.07, 6.45) is 11.4. The van der Waals surface area contributed by atoms with E-state index < -0.39 is 9.84 Å². The summed E-state index contributed by atoms with van der Waals surface area (Å²) in [5, 5.41) is -0.281. The van der Waals surface area contributed by atoms with Gasteiger partial charge in [-0.25, -0.2) is 8.42 Å².